The van der Waals surface area contributed by atoms with Crippen LogP contribution in [0.5, 0.6) is 11.5 Å². The molecule has 1 fully saturated rings. The maximum Gasteiger partial charge on any atom is 0.123 e. The summed E-state index contributed by atoms with van der Waals surface area (Å²) in [6, 6.07) is 6.73. The molecule has 0 saturated heterocycles. The van der Waals surface area contributed by atoms with Gasteiger partial charge in [0, 0.05) is 24.8 Å². The fourth-order valence-electron chi connectivity index (χ4n) is 3.09. The third-order valence-corrected chi connectivity index (χ3v) is 4.40. The van der Waals surface area contributed by atoms with E-state index in [1.54, 1.807) is 14.2 Å². The Hall–Kier alpha value is -1.26. The maximum absolute atomic E-state index is 5.47. The van der Waals surface area contributed by atoms with Gasteiger partial charge in [0.1, 0.15) is 11.5 Å². The van der Waals surface area contributed by atoms with Crippen LogP contribution in [-0.2, 0) is 4.74 Å². The molecule has 1 aliphatic carbocycles. The van der Waals surface area contributed by atoms with Gasteiger partial charge in [0.15, 0.2) is 0 Å². The summed E-state index contributed by atoms with van der Waals surface area (Å²) in [6.07, 6.45) is 5.03. The second-order valence-electron chi connectivity index (χ2n) is 5.71. The maximum atomic E-state index is 5.47. The highest BCUT2D eigenvalue weighted by Gasteiger charge is 2.23. The minimum Gasteiger partial charge on any atom is -0.497 e. The molecule has 0 bridgehead atoms. The van der Waals surface area contributed by atoms with Crippen LogP contribution in [0.15, 0.2) is 18.2 Å². The summed E-state index contributed by atoms with van der Waals surface area (Å²) in [5.41, 5.74) is 1.14. The van der Waals surface area contributed by atoms with E-state index in [9.17, 15) is 0 Å². The lowest BCUT2D eigenvalue weighted by molar-refractivity contribution is 0.0613. The van der Waals surface area contributed by atoms with E-state index in [1.165, 1.54) is 0 Å². The first kappa shape index (κ1) is 16.1. The Labute approximate surface area is 127 Å². The Morgan fingerprint density at radius 1 is 1.05 bits per heavy atom. The van der Waals surface area contributed by atoms with Gasteiger partial charge in [-0.1, -0.05) is 0 Å². The third kappa shape index (κ3) is 4.11. The monoisotopic (exact) mass is 293 g/mol. The van der Waals surface area contributed by atoms with E-state index >= 15 is 0 Å². The molecule has 1 aliphatic rings. The Bertz CT molecular complexity index is 442. The topological polar surface area (TPSA) is 39.7 Å². The van der Waals surface area contributed by atoms with Crippen molar-refractivity contribution in [2.75, 3.05) is 21.3 Å². The van der Waals surface area contributed by atoms with Crippen LogP contribution in [-0.4, -0.2) is 33.5 Å². The first-order chi connectivity index (χ1) is 10.2. The van der Waals surface area contributed by atoms with E-state index in [0.29, 0.717) is 12.1 Å². The highest BCUT2D eigenvalue weighted by Crippen LogP contribution is 2.31. The summed E-state index contributed by atoms with van der Waals surface area (Å²) in [7, 11) is 5.21. The highest BCUT2D eigenvalue weighted by molar-refractivity contribution is 5.42. The quantitative estimate of drug-likeness (QED) is 0.873. The van der Waals surface area contributed by atoms with Crippen molar-refractivity contribution in [1.29, 1.82) is 0 Å². The molecule has 1 unspecified atom stereocenters. The molecule has 1 aromatic carbocycles. The van der Waals surface area contributed by atoms with Crippen molar-refractivity contribution >= 4 is 0 Å². The fraction of sp³-hybridized carbons (Fsp3) is 0.647. The van der Waals surface area contributed by atoms with Crippen LogP contribution in [0.3, 0.4) is 0 Å². The largest absolute Gasteiger partial charge is 0.497 e. The molecule has 1 atom stereocenters. The first-order valence-electron chi connectivity index (χ1n) is 7.68. The zero-order chi connectivity index (χ0) is 15.2. The van der Waals surface area contributed by atoms with Crippen molar-refractivity contribution in [3.05, 3.63) is 23.8 Å². The van der Waals surface area contributed by atoms with Crippen molar-refractivity contribution in [1.82, 2.24) is 5.32 Å². The Balaban J connectivity index is 2.01. The normalized spacial score (nSPS) is 23.6. The standard InChI is InChI=1S/C17H27NO3/c1-12(18-13-5-7-14(19-2)8-6-13)16-11-15(20-3)9-10-17(16)21-4/h9-14,18H,5-8H2,1-4H3. The van der Waals surface area contributed by atoms with Gasteiger partial charge in [0.25, 0.3) is 0 Å². The number of rotatable bonds is 6. The van der Waals surface area contributed by atoms with Crippen molar-refractivity contribution in [3.63, 3.8) is 0 Å². The first-order valence-corrected chi connectivity index (χ1v) is 7.68. The number of hydrogen-bond donors (Lipinski definition) is 1. The lowest BCUT2D eigenvalue weighted by Gasteiger charge is -2.31. The van der Waals surface area contributed by atoms with E-state index in [-0.39, 0.29) is 6.04 Å². The molecule has 0 amide bonds. The van der Waals surface area contributed by atoms with Crippen molar-refractivity contribution in [2.24, 2.45) is 0 Å². The van der Waals surface area contributed by atoms with Crippen LogP contribution in [0.2, 0.25) is 0 Å². The van der Waals surface area contributed by atoms with E-state index in [0.717, 1.165) is 42.7 Å². The van der Waals surface area contributed by atoms with Gasteiger partial charge >= 0.3 is 0 Å². The predicted octanol–water partition coefficient (Wildman–Crippen LogP) is 3.31. The Kier molecular flexibility index (Phi) is 5.88. The summed E-state index contributed by atoms with van der Waals surface area (Å²) >= 11 is 0. The van der Waals surface area contributed by atoms with Crippen LogP contribution in [0.1, 0.15) is 44.2 Å². The van der Waals surface area contributed by atoms with Gasteiger partial charge in [0.05, 0.1) is 20.3 Å². The number of nitrogens with one attached hydrogen (secondary N) is 1. The van der Waals surface area contributed by atoms with Gasteiger partial charge in [-0.2, -0.15) is 0 Å². The smallest absolute Gasteiger partial charge is 0.123 e. The molecule has 4 nitrogen and oxygen atoms in total. The van der Waals surface area contributed by atoms with E-state index in [1.807, 2.05) is 19.2 Å². The van der Waals surface area contributed by atoms with E-state index in [2.05, 4.69) is 18.3 Å². The fourth-order valence-corrected chi connectivity index (χ4v) is 3.09. The molecule has 0 aromatic heterocycles. The number of methoxy groups -OCH3 is 3. The van der Waals surface area contributed by atoms with E-state index < -0.39 is 0 Å². The lowest BCUT2D eigenvalue weighted by Crippen LogP contribution is -2.36. The lowest BCUT2D eigenvalue weighted by atomic mass is 9.92. The highest BCUT2D eigenvalue weighted by atomic mass is 16.5. The molecule has 1 N–H and O–H groups in total. The molecular weight excluding hydrogens is 266 g/mol. The zero-order valence-electron chi connectivity index (χ0n) is 13.5. The molecule has 4 heteroatoms. The molecule has 0 heterocycles. The van der Waals surface area contributed by atoms with Crippen molar-refractivity contribution in [3.8, 4) is 11.5 Å². The average Bonchev–Trinajstić information content (AvgIpc) is 2.54. The average molecular weight is 293 g/mol. The summed E-state index contributed by atoms with van der Waals surface area (Å²) in [5, 5.41) is 3.71. The van der Waals surface area contributed by atoms with Gasteiger partial charge in [-0.25, -0.2) is 0 Å². The molecule has 1 saturated carbocycles. The van der Waals surface area contributed by atoms with Crippen LogP contribution in [0.25, 0.3) is 0 Å². The zero-order valence-corrected chi connectivity index (χ0v) is 13.5. The molecule has 118 valence electrons. The van der Waals surface area contributed by atoms with E-state index in [4.69, 9.17) is 14.2 Å². The van der Waals surface area contributed by atoms with Gasteiger partial charge in [-0.05, 0) is 50.8 Å². The summed E-state index contributed by atoms with van der Waals surface area (Å²) in [6.45, 7) is 2.18. The Morgan fingerprint density at radius 3 is 2.33 bits per heavy atom. The van der Waals surface area contributed by atoms with Crippen LogP contribution in [0.4, 0.5) is 0 Å². The van der Waals surface area contributed by atoms with Crippen molar-refractivity contribution in [2.45, 2.75) is 50.8 Å². The molecule has 0 spiro atoms. The molecule has 21 heavy (non-hydrogen) atoms. The second-order valence-corrected chi connectivity index (χ2v) is 5.71. The van der Waals surface area contributed by atoms with Crippen molar-refractivity contribution < 1.29 is 14.2 Å². The molecule has 1 aromatic rings. The van der Waals surface area contributed by atoms with Gasteiger partial charge in [-0.3, -0.25) is 0 Å². The molecule has 0 aliphatic heterocycles. The molecular formula is C17H27NO3. The molecule has 2 rings (SSSR count). The summed E-state index contributed by atoms with van der Waals surface area (Å²) < 4.78 is 16.2. The third-order valence-electron chi connectivity index (χ3n) is 4.40. The number of ether oxygens (including phenoxy) is 3. The minimum atomic E-state index is 0.235. The number of hydrogen-bond acceptors (Lipinski definition) is 4. The minimum absolute atomic E-state index is 0.235. The van der Waals surface area contributed by atoms with Gasteiger partial charge in [-0.15, -0.1) is 0 Å². The van der Waals surface area contributed by atoms with Crippen LogP contribution < -0.4 is 14.8 Å². The summed E-state index contributed by atoms with van der Waals surface area (Å²) in [4.78, 5) is 0. The predicted molar refractivity (Wildman–Crippen MR) is 84.1 cm³/mol. The Morgan fingerprint density at radius 2 is 1.76 bits per heavy atom. The van der Waals surface area contributed by atoms with Gasteiger partial charge in [0.2, 0.25) is 0 Å². The summed E-state index contributed by atoms with van der Waals surface area (Å²) in [5.74, 6) is 1.77. The number of benzene rings is 1. The SMILES string of the molecule is COc1ccc(OC)c(C(C)NC2CCC(OC)CC2)c1. The van der Waals surface area contributed by atoms with Crippen LogP contribution in [0, 0.1) is 0 Å². The molecule has 0 radical (unpaired) electrons. The van der Waals surface area contributed by atoms with Gasteiger partial charge < -0.3 is 19.5 Å². The van der Waals surface area contributed by atoms with Crippen LogP contribution >= 0.6 is 0 Å². The second kappa shape index (κ2) is 7.66.